The van der Waals surface area contributed by atoms with Crippen LogP contribution in [0.15, 0.2) is 0 Å². The van der Waals surface area contributed by atoms with Gasteiger partial charge in [-0.25, -0.2) is 4.79 Å². The topological polar surface area (TPSA) is 61.8 Å². The maximum absolute atomic E-state index is 12.3. The molecule has 3 atom stereocenters. The van der Waals surface area contributed by atoms with Gasteiger partial charge >= 0.3 is 6.09 Å². The van der Waals surface area contributed by atoms with E-state index in [1.807, 2.05) is 25.7 Å². The highest BCUT2D eigenvalue weighted by Crippen LogP contribution is 2.32. The van der Waals surface area contributed by atoms with Crippen LogP contribution in [-0.2, 0) is 4.74 Å². The number of aliphatic hydroxyl groups is 1. The smallest absolute Gasteiger partial charge is 0.410 e. The largest absolute Gasteiger partial charge is 0.444 e. The molecule has 1 rings (SSSR count). The molecule has 148 valence electrons. The fraction of sp³-hybridized carbons (Fsp3) is 0.950. The zero-order valence-corrected chi connectivity index (χ0v) is 17.4. The molecule has 2 N–H and O–H groups in total. The molecule has 5 nitrogen and oxygen atoms in total. The van der Waals surface area contributed by atoms with Crippen LogP contribution in [0.25, 0.3) is 0 Å². The summed E-state index contributed by atoms with van der Waals surface area (Å²) in [5.41, 5.74) is -0.311. The predicted octanol–water partition coefficient (Wildman–Crippen LogP) is 3.66. The predicted molar refractivity (Wildman–Crippen MR) is 103 cm³/mol. The maximum atomic E-state index is 12.3. The molecule has 0 radical (unpaired) electrons. The number of carbonyl (C=O) groups is 1. The Bertz CT molecular complexity index is 418. The van der Waals surface area contributed by atoms with Crippen LogP contribution in [0, 0.1) is 17.8 Å². The summed E-state index contributed by atoms with van der Waals surface area (Å²) in [5, 5.41) is 13.5. The third-order valence-electron chi connectivity index (χ3n) is 5.47. The third-order valence-corrected chi connectivity index (χ3v) is 5.47. The van der Waals surface area contributed by atoms with Gasteiger partial charge < -0.3 is 20.1 Å². The number of amides is 1. The van der Waals surface area contributed by atoms with E-state index in [1.165, 1.54) is 0 Å². The monoisotopic (exact) mass is 356 g/mol. The van der Waals surface area contributed by atoms with E-state index in [-0.39, 0.29) is 24.2 Å². The number of nitrogens with zero attached hydrogens (tertiary/aromatic N) is 1. The molecule has 0 aromatic carbocycles. The summed E-state index contributed by atoms with van der Waals surface area (Å²) in [6.45, 7) is 17.1. The molecule has 0 aromatic heterocycles. The lowest BCUT2D eigenvalue weighted by molar-refractivity contribution is 0.00257. The van der Waals surface area contributed by atoms with E-state index in [2.05, 4.69) is 33.0 Å². The van der Waals surface area contributed by atoms with Crippen molar-refractivity contribution in [3.63, 3.8) is 0 Å². The number of aliphatic hydroxyl groups excluding tert-OH is 1. The zero-order chi connectivity index (χ0) is 19.3. The lowest BCUT2D eigenvalue weighted by Crippen LogP contribution is -2.47. The Morgan fingerprint density at radius 1 is 1.32 bits per heavy atom. The lowest BCUT2D eigenvalue weighted by atomic mass is 9.76. The van der Waals surface area contributed by atoms with Crippen LogP contribution in [0.5, 0.6) is 0 Å². The Morgan fingerprint density at radius 3 is 2.44 bits per heavy atom. The van der Waals surface area contributed by atoms with Crippen molar-refractivity contribution in [2.24, 2.45) is 17.8 Å². The van der Waals surface area contributed by atoms with Crippen LogP contribution in [0.2, 0.25) is 0 Å². The standard InChI is InChI=1S/C20H40N2O3/c1-8-20(6,7)21-11-9-16(14-23)17-10-12-22(13-15(17)2)18(24)25-19(3,4)5/h15-17,21,23H,8-14H2,1-7H3. The van der Waals surface area contributed by atoms with Crippen molar-refractivity contribution in [3.05, 3.63) is 0 Å². The van der Waals surface area contributed by atoms with Crippen molar-refractivity contribution in [1.82, 2.24) is 10.2 Å². The molecule has 3 unspecified atom stereocenters. The highest BCUT2D eigenvalue weighted by atomic mass is 16.6. The summed E-state index contributed by atoms with van der Waals surface area (Å²) in [4.78, 5) is 14.1. The number of nitrogens with one attached hydrogen (secondary N) is 1. The molecule has 25 heavy (non-hydrogen) atoms. The highest BCUT2D eigenvalue weighted by Gasteiger charge is 2.35. The number of rotatable bonds is 7. The average Bonchev–Trinajstić information content (AvgIpc) is 2.50. The van der Waals surface area contributed by atoms with Crippen molar-refractivity contribution < 1.29 is 14.6 Å². The first-order valence-corrected chi connectivity index (χ1v) is 9.83. The van der Waals surface area contributed by atoms with E-state index in [0.717, 1.165) is 25.8 Å². The van der Waals surface area contributed by atoms with Gasteiger partial charge in [0.1, 0.15) is 5.60 Å². The summed E-state index contributed by atoms with van der Waals surface area (Å²) >= 11 is 0. The highest BCUT2D eigenvalue weighted by molar-refractivity contribution is 5.68. The van der Waals surface area contributed by atoms with Crippen LogP contribution in [0.4, 0.5) is 4.79 Å². The molecule has 1 heterocycles. The minimum atomic E-state index is -0.456. The maximum Gasteiger partial charge on any atom is 0.410 e. The molecule has 0 aromatic rings. The fourth-order valence-electron chi connectivity index (χ4n) is 3.52. The molecule has 0 bridgehead atoms. The number of carbonyl (C=O) groups excluding carboxylic acids is 1. The Kier molecular flexibility index (Phi) is 8.20. The molecule has 5 heteroatoms. The second kappa shape index (κ2) is 9.22. The Morgan fingerprint density at radius 2 is 1.96 bits per heavy atom. The molecule has 1 saturated heterocycles. The molecule has 1 aliphatic heterocycles. The van der Waals surface area contributed by atoms with Gasteiger partial charge in [0.2, 0.25) is 0 Å². The number of likely N-dealkylation sites (tertiary alicyclic amines) is 1. The first-order valence-electron chi connectivity index (χ1n) is 9.83. The summed E-state index contributed by atoms with van der Waals surface area (Å²) in [5.74, 6) is 1.11. The van der Waals surface area contributed by atoms with E-state index >= 15 is 0 Å². The third kappa shape index (κ3) is 7.53. The number of hydrogen-bond acceptors (Lipinski definition) is 4. The first-order chi connectivity index (χ1) is 11.5. The molecule has 1 amide bonds. The summed E-state index contributed by atoms with van der Waals surface area (Å²) < 4.78 is 5.49. The summed E-state index contributed by atoms with van der Waals surface area (Å²) in [6.07, 6.45) is 2.77. The van der Waals surface area contributed by atoms with Gasteiger partial charge in [0.25, 0.3) is 0 Å². The molecule has 1 fully saturated rings. The minimum absolute atomic E-state index is 0.145. The molecule has 1 aliphatic rings. The quantitative estimate of drug-likeness (QED) is 0.731. The number of piperidine rings is 1. The average molecular weight is 357 g/mol. The van der Waals surface area contributed by atoms with Crippen molar-refractivity contribution in [2.45, 2.75) is 78.9 Å². The Hall–Kier alpha value is -0.810. The van der Waals surface area contributed by atoms with Crippen molar-refractivity contribution in [2.75, 3.05) is 26.2 Å². The first kappa shape index (κ1) is 22.2. The molecule has 0 aliphatic carbocycles. The Labute approximate surface area is 154 Å². The van der Waals surface area contributed by atoms with E-state index in [4.69, 9.17) is 4.74 Å². The van der Waals surface area contributed by atoms with Gasteiger partial charge in [-0.1, -0.05) is 13.8 Å². The van der Waals surface area contributed by atoms with Gasteiger partial charge in [0.15, 0.2) is 0 Å². The lowest BCUT2D eigenvalue weighted by Gasteiger charge is -2.41. The Balaban J connectivity index is 2.53. The van der Waals surface area contributed by atoms with Crippen LogP contribution < -0.4 is 5.32 Å². The normalized spacial score (nSPS) is 23.4. The van der Waals surface area contributed by atoms with Crippen LogP contribution in [0.1, 0.15) is 67.7 Å². The van der Waals surface area contributed by atoms with E-state index in [0.29, 0.717) is 24.9 Å². The zero-order valence-electron chi connectivity index (χ0n) is 17.4. The number of hydrogen-bond donors (Lipinski definition) is 2. The minimum Gasteiger partial charge on any atom is -0.444 e. The molecular weight excluding hydrogens is 316 g/mol. The van der Waals surface area contributed by atoms with Crippen LogP contribution in [0.3, 0.4) is 0 Å². The van der Waals surface area contributed by atoms with Gasteiger partial charge in [0, 0.05) is 25.2 Å². The summed E-state index contributed by atoms with van der Waals surface area (Å²) in [7, 11) is 0. The molecular formula is C20H40N2O3. The number of ether oxygens (including phenoxy) is 1. The van der Waals surface area contributed by atoms with Gasteiger partial charge in [-0.2, -0.15) is 0 Å². The van der Waals surface area contributed by atoms with Gasteiger partial charge in [-0.05, 0) is 78.2 Å². The van der Waals surface area contributed by atoms with E-state index in [9.17, 15) is 9.90 Å². The van der Waals surface area contributed by atoms with Gasteiger partial charge in [-0.3, -0.25) is 0 Å². The molecule has 0 spiro atoms. The van der Waals surface area contributed by atoms with Crippen LogP contribution in [-0.4, -0.2) is 53.5 Å². The summed E-state index contributed by atoms with van der Waals surface area (Å²) in [6, 6.07) is 0. The fourth-order valence-corrected chi connectivity index (χ4v) is 3.52. The van der Waals surface area contributed by atoms with E-state index < -0.39 is 5.60 Å². The second-order valence-electron chi connectivity index (χ2n) is 9.25. The van der Waals surface area contributed by atoms with Crippen molar-refractivity contribution >= 4 is 6.09 Å². The van der Waals surface area contributed by atoms with Crippen molar-refractivity contribution in [3.8, 4) is 0 Å². The second-order valence-corrected chi connectivity index (χ2v) is 9.25. The van der Waals surface area contributed by atoms with E-state index in [1.54, 1.807) is 0 Å². The van der Waals surface area contributed by atoms with Gasteiger partial charge in [0.05, 0.1) is 0 Å². The van der Waals surface area contributed by atoms with Crippen LogP contribution >= 0.6 is 0 Å². The SMILES string of the molecule is CCC(C)(C)NCCC(CO)C1CCN(C(=O)OC(C)(C)C)CC1C. The van der Waals surface area contributed by atoms with Crippen molar-refractivity contribution in [1.29, 1.82) is 0 Å². The molecule has 0 saturated carbocycles. The van der Waals surface area contributed by atoms with Gasteiger partial charge in [-0.15, -0.1) is 0 Å².